The molecule has 0 aliphatic heterocycles. The lowest BCUT2D eigenvalue weighted by molar-refractivity contribution is 0.0951. The zero-order chi connectivity index (χ0) is 20.2. The number of hydrogen-bond acceptors (Lipinski definition) is 3. The van der Waals surface area contributed by atoms with Crippen LogP contribution in [0.25, 0.3) is 5.65 Å². The molecule has 0 bridgehead atoms. The molecule has 5 nitrogen and oxygen atoms in total. The van der Waals surface area contributed by atoms with Crippen molar-refractivity contribution in [1.29, 1.82) is 0 Å². The highest BCUT2D eigenvalue weighted by atomic mass is 19.1. The van der Waals surface area contributed by atoms with Crippen molar-refractivity contribution < 1.29 is 13.9 Å². The molecule has 4 aromatic rings. The summed E-state index contributed by atoms with van der Waals surface area (Å²) in [4.78, 5) is 16.8. The number of ether oxygens (including phenoxy) is 1. The molecule has 1 N–H and O–H groups in total. The third kappa shape index (κ3) is 4.60. The number of nitrogens with zero attached hydrogens (tertiary/aromatic N) is 2. The van der Waals surface area contributed by atoms with Gasteiger partial charge in [-0.05, 0) is 60.5 Å². The maximum Gasteiger partial charge on any atom is 0.251 e. The van der Waals surface area contributed by atoms with Crippen LogP contribution in [0.5, 0.6) is 5.75 Å². The first-order valence-corrected chi connectivity index (χ1v) is 9.26. The predicted octanol–water partition coefficient (Wildman–Crippen LogP) is 4.29. The number of aromatic nitrogens is 2. The molecular formula is C23H20FN3O2. The lowest BCUT2D eigenvalue weighted by atomic mass is 10.2. The van der Waals surface area contributed by atoms with Gasteiger partial charge in [-0.1, -0.05) is 18.2 Å². The van der Waals surface area contributed by atoms with Gasteiger partial charge in [-0.3, -0.25) is 4.79 Å². The molecule has 0 aliphatic rings. The summed E-state index contributed by atoms with van der Waals surface area (Å²) in [6, 6.07) is 17.0. The minimum Gasteiger partial charge on any atom is -0.487 e. The van der Waals surface area contributed by atoms with Gasteiger partial charge in [0.2, 0.25) is 0 Å². The molecule has 2 aromatic carbocycles. The zero-order valence-corrected chi connectivity index (χ0v) is 15.9. The van der Waals surface area contributed by atoms with Crippen LogP contribution in [0, 0.1) is 12.7 Å². The first-order valence-electron chi connectivity index (χ1n) is 9.26. The van der Waals surface area contributed by atoms with E-state index in [2.05, 4.69) is 10.3 Å². The SMILES string of the molecule is Cc1ccc2nc(COc3ccc(C(=O)NCc4ccc(F)cc4)cc3)cn2c1. The Balaban J connectivity index is 1.33. The van der Waals surface area contributed by atoms with Crippen molar-refractivity contribution in [3.63, 3.8) is 0 Å². The fourth-order valence-corrected chi connectivity index (χ4v) is 2.97. The lowest BCUT2D eigenvalue weighted by Gasteiger charge is -2.07. The van der Waals surface area contributed by atoms with E-state index >= 15 is 0 Å². The molecule has 0 unspecified atom stereocenters. The molecule has 2 heterocycles. The Hall–Kier alpha value is -3.67. The normalized spacial score (nSPS) is 10.8. The summed E-state index contributed by atoms with van der Waals surface area (Å²) in [5.74, 6) is 0.166. The smallest absolute Gasteiger partial charge is 0.251 e. The highest BCUT2D eigenvalue weighted by Gasteiger charge is 2.07. The molecule has 0 fully saturated rings. The van der Waals surface area contributed by atoms with Crippen molar-refractivity contribution in [3.8, 4) is 5.75 Å². The van der Waals surface area contributed by atoms with Gasteiger partial charge in [-0.15, -0.1) is 0 Å². The standard InChI is InChI=1S/C23H20FN3O2/c1-16-2-11-22-26-20(14-27(22)13-16)15-29-21-9-5-18(6-10-21)23(28)25-12-17-3-7-19(24)8-4-17/h2-11,13-14H,12,15H2,1H3,(H,25,28). The molecule has 0 saturated carbocycles. The van der Waals surface area contributed by atoms with Crippen molar-refractivity contribution in [2.75, 3.05) is 0 Å². The third-order valence-corrected chi connectivity index (χ3v) is 4.52. The summed E-state index contributed by atoms with van der Waals surface area (Å²) in [6.07, 6.45) is 3.96. The Labute approximate surface area is 167 Å². The molecule has 146 valence electrons. The minimum atomic E-state index is -0.297. The largest absolute Gasteiger partial charge is 0.487 e. The number of pyridine rings is 1. The van der Waals surface area contributed by atoms with E-state index in [9.17, 15) is 9.18 Å². The van der Waals surface area contributed by atoms with Gasteiger partial charge in [-0.25, -0.2) is 9.37 Å². The second-order valence-electron chi connectivity index (χ2n) is 6.83. The van der Waals surface area contributed by atoms with Crippen LogP contribution in [-0.4, -0.2) is 15.3 Å². The Bertz CT molecular complexity index is 1140. The van der Waals surface area contributed by atoms with Crippen LogP contribution in [0.3, 0.4) is 0 Å². The molecule has 0 aliphatic carbocycles. The number of amides is 1. The molecule has 29 heavy (non-hydrogen) atoms. The summed E-state index contributed by atoms with van der Waals surface area (Å²) in [7, 11) is 0. The summed E-state index contributed by atoms with van der Waals surface area (Å²) in [5, 5.41) is 2.82. The van der Waals surface area contributed by atoms with Gasteiger partial charge in [0, 0.05) is 24.5 Å². The first kappa shape index (κ1) is 18.7. The van der Waals surface area contributed by atoms with Gasteiger partial charge < -0.3 is 14.5 Å². The van der Waals surface area contributed by atoms with E-state index in [4.69, 9.17) is 4.74 Å². The Morgan fingerprint density at radius 3 is 2.55 bits per heavy atom. The van der Waals surface area contributed by atoms with Crippen LogP contribution in [0.15, 0.2) is 73.1 Å². The molecule has 0 spiro atoms. The highest BCUT2D eigenvalue weighted by molar-refractivity contribution is 5.94. The molecule has 0 atom stereocenters. The van der Waals surface area contributed by atoms with Gasteiger partial charge in [0.1, 0.15) is 23.8 Å². The summed E-state index contributed by atoms with van der Waals surface area (Å²) in [6.45, 7) is 2.72. The summed E-state index contributed by atoms with van der Waals surface area (Å²) >= 11 is 0. The number of imidazole rings is 1. The van der Waals surface area contributed by atoms with Crippen LogP contribution in [0.2, 0.25) is 0 Å². The van der Waals surface area contributed by atoms with E-state index in [0.717, 1.165) is 22.5 Å². The Morgan fingerprint density at radius 1 is 1.03 bits per heavy atom. The van der Waals surface area contributed by atoms with Gasteiger partial charge in [0.15, 0.2) is 0 Å². The second-order valence-corrected chi connectivity index (χ2v) is 6.83. The maximum absolute atomic E-state index is 12.9. The lowest BCUT2D eigenvalue weighted by Crippen LogP contribution is -2.22. The number of hydrogen-bond donors (Lipinski definition) is 1. The summed E-state index contributed by atoms with van der Waals surface area (Å²) in [5.41, 5.74) is 4.24. The number of aryl methyl sites for hydroxylation is 1. The zero-order valence-electron chi connectivity index (χ0n) is 15.9. The third-order valence-electron chi connectivity index (χ3n) is 4.52. The van der Waals surface area contributed by atoms with E-state index in [-0.39, 0.29) is 11.7 Å². The topological polar surface area (TPSA) is 55.6 Å². The number of rotatable bonds is 6. The van der Waals surface area contributed by atoms with Crippen molar-refractivity contribution in [2.45, 2.75) is 20.1 Å². The van der Waals surface area contributed by atoms with Crippen molar-refractivity contribution in [2.24, 2.45) is 0 Å². The highest BCUT2D eigenvalue weighted by Crippen LogP contribution is 2.15. The van der Waals surface area contributed by atoms with Crippen LogP contribution in [0.4, 0.5) is 4.39 Å². The van der Waals surface area contributed by atoms with Crippen molar-refractivity contribution >= 4 is 11.6 Å². The first-order chi connectivity index (χ1) is 14.1. The molecule has 6 heteroatoms. The minimum absolute atomic E-state index is 0.198. The number of nitrogens with one attached hydrogen (secondary N) is 1. The van der Waals surface area contributed by atoms with Crippen molar-refractivity contribution in [3.05, 3.63) is 101 Å². The van der Waals surface area contributed by atoms with Gasteiger partial charge in [0.25, 0.3) is 5.91 Å². The molecule has 4 rings (SSSR count). The van der Waals surface area contributed by atoms with Gasteiger partial charge in [-0.2, -0.15) is 0 Å². The molecule has 0 radical (unpaired) electrons. The maximum atomic E-state index is 12.9. The fraction of sp³-hybridized carbons (Fsp3) is 0.130. The van der Waals surface area contributed by atoms with E-state index in [1.54, 1.807) is 36.4 Å². The van der Waals surface area contributed by atoms with Crippen LogP contribution in [0.1, 0.15) is 27.2 Å². The van der Waals surface area contributed by atoms with E-state index < -0.39 is 0 Å². The number of carbonyl (C=O) groups is 1. The van der Waals surface area contributed by atoms with Crippen LogP contribution >= 0.6 is 0 Å². The predicted molar refractivity (Wildman–Crippen MR) is 108 cm³/mol. The molecular weight excluding hydrogens is 369 g/mol. The number of carbonyl (C=O) groups excluding carboxylic acids is 1. The van der Waals surface area contributed by atoms with E-state index in [0.29, 0.717) is 24.5 Å². The van der Waals surface area contributed by atoms with Crippen LogP contribution in [-0.2, 0) is 13.2 Å². The number of fused-ring (bicyclic) bond motifs is 1. The van der Waals surface area contributed by atoms with Crippen molar-refractivity contribution in [1.82, 2.24) is 14.7 Å². The average molecular weight is 389 g/mol. The summed E-state index contributed by atoms with van der Waals surface area (Å²) < 4.78 is 20.7. The second kappa shape index (κ2) is 8.14. The van der Waals surface area contributed by atoms with Crippen LogP contribution < -0.4 is 10.1 Å². The fourth-order valence-electron chi connectivity index (χ4n) is 2.97. The molecule has 0 saturated heterocycles. The van der Waals surface area contributed by atoms with E-state index in [1.807, 2.05) is 35.9 Å². The molecule has 1 amide bonds. The number of halogens is 1. The van der Waals surface area contributed by atoms with Gasteiger partial charge >= 0.3 is 0 Å². The quantitative estimate of drug-likeness (QED) is 0.535. The Kier molecular flexibility index (Phi) is 5.24. The number of benzene rings is 2. The molecule has 2 aromatic heterocycles. The van der Waals surface area contributed by atoms with Gasteiger partial charge in [0.05, 0.1) is 5.69 Å². The van der Waals surface area contributed by atoms with E-state index in [1.165, 1.54) is 12.1 Å². The Morgan fingerprint density at radius 2 is 1.79 bits per heavy atom. The monoisotopic (exact) mass is 389 g/mol. The average Bonchev–Trinajstić information content (AvgIpc) is 3.14.